The average molecular weight is 352 g/mol. The maximum absolute atomic E-state index is 11.1. The Kier molecular flexibility index (Phi) is 7.09. The van der Waals surface area contributed by atoms with Gasteiger partial charge in [0.15, 0.2) is 0 Å². The van der Waals surface area contributed by atoms with E-state index in [1.165, 1.54) is 25.2 Å². The van der Waals surface area contributed by atoms with Gasteiger partial charge < -0.3 is 29.8 Å². The zero-order chi connectivity index (χ0) is 17.7. The summed E-state index contributed by atoms with van der Waals surface area (Å²) < 4.78 is 20.5. The van der Waals surface area contributed by atoms with Crippen LogP contribution in [-0.4, -0.2) is 61.6 Å². The van der Waals surface area contributed by atoms with E-state index < -0.39 is 50.7 Å². The van der Waals surface area contributed by atoms with Gasteiger partial charge in [-0.1, -0.05) is 12.2 Å². The molecule has 0 radical (unpaired) electrons. The Labute approximate surface area is 133 Å². The van der Waals surface area contributed by atoms with Crippen LogP contribution >= 0.6 is 7.82 Å². The number of hydrogen-bond donors (Lipinski definition) is 5. The fourth-order valence-corrected chi connectivity index (χ4v) is 2.57. The van der Waals surface area contributed by atoms with E-state index in [4.69, 9.17) is 19.6 Å². The van der Waals surface area contributed by atoms with Crippen LogP contribution in [0, 0.1) is 0 Å². The first-order valence-electron chi connectivity index (χ1n) is 6.85. The number of aliphatic hydroxyl groups excluding tert-OH is 2. The van der Waals surface area contributed by atoms with Crippen LogP contribution in [0.3, 0.4) is 0 Å². The molecule has 10 heteroatoms. The van der Waals surface area contributed by atoms with Crippen molar-refractivity contribution >= 4 is 13.8 Å². The highest BCUT2D eigenvalue weighted by Crippen LogP contribution is 2.41. The highest BCUT2D eigenvalue weighted by atomic mass is 31.2. The summed E-state index contributed by atoms with van der Waals surface area (Å²) in [7, 11) is -4.93. The Morgan fingerprint density at radius 1 is 1.57 bits per heavy atom. The SMILES string of the molecule is C[C@@](O)(C=C[C@H]1CC=CC(=O)O1)[C@@H](C[C@@H](O)CO)OP(=O)(O)O. The average Bonchev–Trinajstić information content (AvgIpc) is 2.43. The topological polar surface area (TPSA) is 154 Å². The van der Waals surface area contributed by atoms with Crippen LogP contribution in [0.25, 0.3) is 0 Å². The molecule has 1 aliphatic heterocycles. The van der Waals surface area contributed by atoms with E-state index in [0.717, 1.165) is 0 Å². The van der Waals surface area contributed by atoms with Crippen molar-refractivity contribution in [3.05, 3.63) is 24.3 Å². The molecule has 5 N–H and O–H groups in total. The summed E-state index contributed by atoms with van der Waals surface area (Å²) in [6.45, 7) is 0.556. The van der Waals surface area contributed by atoms with Crippen molar-refractivity contribution in [2.75, 3.05) is 6.61 Å². The lowest BCUT2D eigenvalue weighted by atomic mass is 9.93. The predicted molar refractivity (Wildman–Crippen MR) is 78.0 cm³/mol. The van der Waals surface area contributed by atoms with Crippen LogP contribution in [0.4, 0.5) is 0 Å². The van der Waals surface area contributed by atoms with Crippen LogP contribution in [0.2, 0.25) is 0 Å². The van der Waals surface area contributed by atoms with Gasteiger partial charge in [-0.25, -0.2) is 9.36 Å². The first-order valence-corrected chi connectivity index (χ1v) is 8.38. The summed E-state index contributed by atoms with van der Waals surface area (Å²) in [4.78, 5) is 28.9. The third-order valence-corrected chi connectivity index (χ3v) is 3.68. The summed E-state index contributed by atoms with van der Waals surface area (Å²) in [6.07, 6.45) is 1.92. The third kappa shape index (κ3) is 7.36. The lowest BCUT2D eigenvalue weighted by molar-refractivity contribution is -0.141. The first kappa shape index (κ1) is 20.0. The van der Waals surface area contributed by atoms with Crippen molar-refractivity contribution in [1.82, 2.24) is 0 Å². The van der Waals surface area contributed by atoms with Gasteiger partial charge in [0.05, 0.1) is 12.7 Å². The van der Waals surface area contributed by atoms with Gasteiger partial charge in [0, 0.05) is 18.9 Å². The zero-order valence-electron chi connectivity index (χ0n) is 12.5. The molecule has 0 bridgehead atoms. The van der Waals surface area contributed by atoms with Gasteiger partial charge in [-0.15, -0.1) is 0 Å². The van der Waals surface area contributed by atoms with Gasteiger partial charge in [-0.2, -0.15) is 0 Å². The molecule has 1 heterocycles. The number of phosphoric acid groups is 1. The third-order valence-electron chi connectivity index (χ3n) is 3.15. The molecule has 4 atom stereocenters. The smallest absolute Gasteiger partial charge is 0.455 e. The molecular formula is C13H21O9P. The van der Waals surface area contributed by atoms with Gasteiger partial charge in [0.25, 0.3) is 0 Å². The number of rotatable bonds is 8. The van der Waals surface area contributed by atoms with E-state index in [9.17, 15) is 19.6 Å². The second-order valence-electron chi connectivity index (χ2n) is 5.36. The molecule has 0 saturated heterocycles. The molecule has 23 heavy (non-hydrogen) atoms. The summed E-state index contributed by atoms with van der Waals surface area (Å²) in [5, 5.41) is 28.7. The molecule has 9 nitrogen and oxygen atoms in total. The van der Waals surface area contributed by atoms with Gasteiger partial charge in [-0.05, 0) is 13.0 Å². The van der Waals surface area contributed by atoms with E-state index in [0.29, 0.717) is 6.42 Å². The number of aliphatic hydroxyl groups is 3. The molecule has 0 aliphatic carbocycles. The number of esters is 1. The maximum Gasteiger partial charge on any atom is 0.469 e. The largest absolute Gasteiger partial charge is 0.469 e. The predicted octanol–water partition coefficient (Wildman–Crippen LogP) is -0.614. The minimum absolute atomic E-state index is 0.390. The number of cyclic esters (lactones) is 1. The molecule has 1 rings (SSSR count). The Morgan fingerprint density at radius 2 is 2.22 bits per heavy atom. The van der Waals surface area contributed by atoms with Crippen LogP contribution in [0.15, 0.2) is 24.3 Å². The monoisotopic (exact) mass is 352 g/mol. The highest BCUT2D eigenvalue weighted by Gasteiger charge is 2.37. The standard InChI is InChI=1S/C13H21O9P/c1-13(17,6-5-10-3-2-4-12(16)21-10)11(7-9(15)8-14)22-23(18,19)20/h2,4-6,9-11,14-15,17H,3,7-8H2,1H3,(H2,18,19,20)/t9-,10-,11-,13-/m1/s1. The number of carbonyl (C=O) groups is 1. The summed E-state index contributed by atoms with van der Waals surface area (Å²) in [5.74, 6) is -0.538. The molecule has 0 unspecified atom stereocenters. The lowest BCUT2D eigenvalue weighted by Crippen LogP contribution is -2.42. The molecule has 132 valence electrons. The molecule has 0 aromatic rings. The van der Waals surface area contributed by atoms with Crippen molar-refractivity contribution in [3.63, 3.8) is 0 Å². The summed E-state index contributed by atoms with van der Waals surface area (Å²) >= 11 is 0. The summed E-state index contributed by atoms with van der Waals surface area (Å²) in [5.41, 5.74) is -1.88. The second-order valence-corrected chi connectivity index (χ2v) is 6.55. The van der Waals surface area contributed by atoms with E-state index >= 15 is 0 Å². The normalized spacial score (nSPS) is 24.3. The van der Waals surface area contributed by atoms with E-state index in [2.05, 4.69) is 4.52 Å². The Bertz CT molecular complexity index is 508. The molecular weight excluding hydrogens is 331 g/mol. The number of carbonyl (C=O) groups excluding carboxylic acids is 1. The van der Waals surface area contributed by atoms with E-state index in [-0.39, 0.29) is 0 Å². The molecule has 0 aromatic heterocycles. The van der Waals surface area contributed by atoms with Gasteiger partial charge >= 0.3 is 13.8 Å². The Hall–Kier alpha value is -1.06. The Morgan fingerprint density at radius 3 is 2.74 bits per heavy atom. The zero-order valence-corrected chi connectivity index (χ0v) is 13.4. The van der Waals surface area contributed by atoms with Crippen LogP contribution in [0.1, 0.15) is 19.8 Å². The minimum Gasteiger partial charge on any atom is -0.455 e. The maximum atomic E-state index is 11.1. The highest BCUT2D eigenvalue weighted by molar-refractivity contribution is 7.46. The fourth-order valence-electron chi connectivity index (χ4n) is 1.94. The molecule has 0 saturated carbocycles. The second kappa shape index (κ2) is 8.16. The van der Waals surface area contributed by atoms with Gasteiger partial charge in [-0.3, -0.25) is 4.52 Å². The van der Waals surface area contributed by atoms with Crippen molar-refractivity contribution in [3.8, 4) is 0 Å². The van der Waals surface area contributed by atoms with Crippen LogP contribution in [-0.2, 0) is 18.6 Å². The lowest BCUT2D eigenvalue weighted by Gasteiger charge is -2.31. The minimum atomic E-state index is -4.93. The van der Waals surface area contributed by atoms with Crippen LogP contribution < -0.4 is 0 Å². The molecule has 0 spiro atoms. The number of phosphoric ester groups is 1. The molecule has 0 aromatic carbocycles. The van der Waals surface area contributed by atoms with E-state index in [1.807, 2.05) is 0 Å². The van der Waals surface area contributed by atoms with Gasteiger partial charge in [0.2, 0.25) is 0 Å². The molecule has 1 aliphatic rings. The molecule has 0 fully saturated rings. The van der Waals surface area contributed by atoms with Crippen molar-refractivity contribution in [2.24, 2.45) is 0 Å². The number of ether oxygens (including phenoxy) is 1. The van der Waals surface area contributed by atoms with Crippen molar-refractivity contribution in [1.29, 1.82) is 0 Å². The van der Waals surface area contributed by atoms with Gasteiger partial charge in [0.1, 0.15) is 17.8 Å². The van der Waals surface area contributed by atoms with Crippen LogP contribution in [0.5, 0.6) is 0 Å². The first-order chi connectivity index (χ1) is 10.5. The van der Waals surface area contributed by atoms with Crippen molar-refractivity contribution in [2.45, 2.75) is 43.7 Å². The Balaban J connectivity index is 2.85. The molecule has 0 amide bonds. The summed E-state index contributed by atoms with van der Waals surface area (Å²) in [6, 6.07) is 0. The number of hydrogen-bond acceptors (Lipinski definition) is 7. The van der Waals surface area contributed by atoms with Crippen molar-refractivity contribution < 1.29 is 43.7 Å². The fraction of sp³-hybridized carbons (Fsp3) is 0.615. The quantitative estimate of drug-likeness (QED) is 0.218. The van der Waals surface area contributed by atoms with E-state index in [1.54, 1.807) is 6.08 Å².